The molecule has 0 spiro atoms. The number of halogens is 1. The van der Waals surface area contributed by atoms with Gasteiger partial charge in [0.15, 0.2) is 5.11 Å². The third-order valence-electron chi connectivity index (χ3n) is 2.73. The maximum atomic E-state index is 12.2. The summed E-state index contributed by atoms with van der Waals surface area (Å²) in [6.07, 6.45) is -0.742. The Balaban J connectivity index is 2.13. The second-order valence-electron chi connectivity index (χ2n) is 4.13. The summed E-state index contributed by atoms with van der Waals surface area (Å²) in [5.41, 5.74) is 4.45. The SMILES string of the molecule is COC(=O)NNC(=S)NC(=O)c1sc2cc(OC)ccc2c1Cl. The number of rotatable bonds is 2. The summed E-state index contributed by atoms with van der Waals surface area (Å²) in [5, 5.41) is 3.39. The molecule has 0 fully saturated rings. The van der Waals surface area contributed by atoms with Crippen LogP contribution in [0.15, 0.2) is 18.2 Å². The molecule has 0 radical (unpaired) electrons. The molecular weight excluding hydrogens is 362 g/mol. The molecule has 122 valence electrons. The van der Waals surface area contributed by atoms with Gasteiger partial charge >= 0.3 is 6.09 Å². The van der Waals surface area contributed by atoms with Crippen molar-refractivity contribution in [3.8, 4) is 5.75 Å². The first kappa shape index (κ1) is 17.3. The number of hydrogen-bond donors (Lipinski definition) is 3. The van der Waals surface area contributed by atoms with Gasteiger partial charge in [-0.05, 0) is 30.4 Å². The first-order chi connectivity index (χ1) is 11.0. The molecule has 2 aromatic rings. The van der Waals surface area contributed by atoms with Gasteiger partial charge in [-0.15, -0.1) is 11.3 Å². The van der Waals surface area contributed by atoms with Crippen molar-refractivity contribution in [1.82, 2.24) is 16.2 Å². The largest absolute Gasteiger partial charge is 0.497 e. The number of nitrogens with one attached hydrogen (secondary N) is 3. The van der Waals surface area contributed by atoms with Crippen LogP contribution in [0.25, 0.3) is 10.1 Å². The second-order valence-corrected chi connectivity index (χ2v) is 5.97. The molecule has 0 atom stereocenters. The van der Waals surface area contributed by atoms with Crippen molar-refractivity contribution in [3.05, 3.63) is 28.1 Å². The van der Waals surface area contributed by atoms with Crippen molar-refractivity contribution in [2.75, 3.05) is 14.2 Å². The van der Waals surface area contributed by atoms with E-state index in [0.29, 0.717) is 15.6 Å². The van der Waals surface area contributed by atoms with Crippen LogP contribution in [0.4, 0.5) is 4.79 Å². The van der Waals surface area contributed by atoms with Gasteiger partial charge in [0.25, 0.3) is 5.91 Å². The average molecular weight is 374 g/mol. The minimum Gasteiger partial charge on any atom is -0.497 e. The van der Waals surface area contributed by atoms with Crippen molar-refractivity contribution in [2.45, 2.75) is 0 Å². The van der Waals surface area contributed by atoms with Crippen LogP contribution in [-0.2, 0) is 4.74 Å². The quantitative estimate of drug-likeness (QED) is 0.553. The molecule has 2 amide bonds. The number of thiophene rings is 1. The van der Waals surface area contributed by atoms with Gasteiger partial charge in [-0.3, -0.25) is 15.5 Å². The fourth-order valence-electron chi connectivity index (χ4n) is 1.67. The fraction of sp³-hybridized carbons (Fsp3) is 0.154. The maximum absolute atomic E-state index is 12.2. The second kappa shape index (κ2) is 7.44. The summed E-state index contributed by atoms with van der Waals surface area (Å²) in [5.74, 6) is 0.182. The molecule has 10 heteroatoms. The van der Waals surface area contributed by atoms with Gasteiger partial charge in [0.2, 0.25) is 0 Å². The highest BCUT2D eigenvalue weighted by Gasteiger charge is 2.18. The zero-order valence-electron chi connectivity index (χ0n) is 12.1. The van der Waals surface area contributed by atoms with Crippen molar-refractivity contribution in [1.29, 1.82) is 0 Å². The molecule has 0 bridgehead atoms. The maximum Gasteiger partial charge on any atom is 0.425 e. The number of carbonyl (C=O) groups is 2. The van der Waals surface area contributed by atoms with Crippen LogP contribution >= 0.6 is 35.2 Å². The standard InChI is InChI=1S/C13H12ClN3O4S2/c1-20-6-3-4-7-8(5-6)23-10(9(7)14)11(18)15-12(22)16-17-13(19)21-2/h3-5H,1-2H3,(H,17,19)(H2,15,16,18,22). The molecule has 0 aliphatic carbocycles. The van der Waals surface area contributed by atoms with Crippen LogP contribution in [-0.4, -0.2) is 31.3 Å². The summed E-state index contributed by atoms with van der Waals surface area (Å²) in [6.45, 7) is 0. The summed E-state index contributed by atoms with van der Waals surface area (Å²) in [6, 6.07) is 5.33. The van der Waals surface area contributed by atoms with E-state index in [1.54, 1.807) is 25.3 Å². The number of methoxy groups -OCH3 is 2. The van der Waals surface area contributed by atoms with E-state index < -0.39 is 12.0 Å². The van der Waals surface area contributed by atoms with Gasteiger partial charge in [-0.1, -0.05) is 11.6 Å². The van der Waals surface area contributed by atoms with E-state index in [1.807, 2.05) is 0 Å². The van der Waals surface area contributed by atoms with E-state index in [-0.39, 0.29) is 5.11 Å². The Morgan fingerprint density at radius 2 is 2.00 bits per heavy atom. The summed E-state index contributed by atoms with van der Waals surface area (Å²) in [7, 11) is 2.76. The van der Waals surface area contributed by atoms with Gasteiger partial charge in [0, 0.05) is 10.1 Å². The molecule has 1 heterocycles. The number of carbonyl (C=O) groups excluding carboxylic acids is 2. The Labute approximate surface area is 145 Å². The molecule has 23 heavy (non-hydrogen) atoms. The van der Waals surface area contributed by atoms with E-state index in [4.69, 9.17) is 28.6 Å². The Morgan fingerprint density at radius 3 is 2.65 bits per heavy atom. The van der Waals surface area contributed by atoms with Crippen molar-refractivity contribution in [3.63, 3.8) is 0 Å². The Bertz CT molecular complexity index is 778. The van der Waals surface area contributed by atoms with Gasteiger partial charge < -0.3 is 9.47 Å². The van der Waals surface area contributed by atoms with Crippen LogP contribution in [0, 0.1) is 0 Å². The molecule has 1 aromatic carbocycles. The molecule has 2 rings (SSSR count). The van der Waals surface area contributed by atoms with Crippen LogP contribution < -0.4 is 20.9 Å². The lowest BCUT2D eigenvalue weighted by Crippen LogP contribution is -2.48. The van der Waals surface area contributed by atoms with E-state index in [9.17, 15) is 9.59 Å². The normalized spacial score (nSPS) is 10.0. The number of amides is 2. The Hall–Kier alpha value is -2.10. The number of fused-ring (bicyclic) bond motifs is 1. The predicted molar refractivity (Wildman–Crippen MR) is 92.1 cm³/mol. The number of hydrogen-bond acceptors (Lipinski definition) is 6. The Morgan fingerprint density at radius 1 is 1.26 bits per heavy atom. The number of hydrazine groups is 1. The fourth-order valence-corrected chi connectivity index (χ4v) is 3.25. The van der Waals surface area contributed by atoms with Crippen LogP contribution in [0.3, 0.4) is 0 Å². The molecule has 0 aliphatic heterocycles. The lowest BCUT2D eigenvalue weighted by atomic mass is 10.2. The lowest BCUT2D eigenvalue weighted by molar-refractivity contribution is 0.0980. The zero-order valence-corrected chi connectivity index (χ0v) is 14.4. The predicted octanol–water partition coefficient (Wildman–Crippen LogP) is 2.44. The molecule has 0 unspecified atom stereocenters. The third kappa shape index (κ3) is 4.01. The zero-order chi connectivity index (χ0) is 17.0. The van der Waals surface area contributed by atoms with E-state index in [2.05, 4.69) is 20.9 Å². The molecule has 7 nitrogen and oxygen atoms in total. The molecule has 1 aromatic heterocycles. The van der Waals surface area contributed by atoms with E-state index >= 15 is 0 Å². The summed E-state index contributed by atoms with van der Waals surface area (Å²) in [4.78, 5) is 23.4. The van der Waals surface area contributed by atoms with Crippen LogP contribution in [0.2, 0.25) is 5.02 Å². The highest BCUT2D eigenvalue weighted by Crippen LogP contribution is 2.37. The Kier molecular flexibility index (Phi) is 5.59. The number of ether oxygens (including phenoxy) is 2. The highest BCUT2D eigenvalue weighted by molar-refractivity contribution is 7.80. The topological polar surface area (TPSA) is 88.7 Å². The first-order valence-electron chi connectivity index (χ1n) is 6.17. The molecule has 0 aliphatic rings. The summed E-state index contributed by atoms with van der Waals surface area (Å²) < 4.78 is 10.3. The number of benzene rings is 1. The first-order valence-corrected chi connectivity index (χ1v) is 7.78. The van der Waals surface area contributed by atoms with E-state index in [0.717, 1.165) is 10.1 Å². The number of thiocarbonyl (C=S) groups is 1. The van der Waals surface area contributed by atoms with Crippen molar-refractivity contribution < 1.29 is 19.1 Å². The van der Waals surface area contributed by atoms with Gasteiger partial charge in [-0.2, -0.15) is 0 Å². The van der Waals surface area contributed by atoms with Crippen LogP contribution in [0.1, 0.15) is 9.67 Å². The van der Waals surface area contributed by atoms with Crippen LogP contribution in [0.5, 0.6) is 5.75 Å². The molecule has 0 saturated carbocycles. The monoisotopic (exact) mass is 373 g/mol. The van der Waals surface area contributed by atoms with E-state index in [1.165, 1.54) is 18.4 Å². The molecule has 3 N–H and O–H groups in total. The highest BCUT2D eigenvalue weighted by atomic mass is 35.5. The van der Waals surface area contributed by atoms with Crippen molar-refractivity contribution in [2.24, 2.45) is 0 Å². The minimum atomic E-state index is -0.742. The van der Waals surface area contributed by atoms with Crippen molar-refractivity contribution >= 4 is 62.4 Å². The smallest absolute Gasteiger partial charge is 0.425 e. The van der Waals surface area contributed by atoms with Gasteiger partial charge in [0.05, 0.1) is 19.2 Å². The molecular formula is C13H12ClN3O4S2. The molecule has 0 saturated heterocycles. The lowest BCUT2D eigenvalue weighted by Gasteiger charge is -2.09. The minimum absolute atomic E-state index is 0.0912. The summed E-state index contributed by atoms with van der Waals surface area (Å²) >= 11 is 12.3. The average Bonchev–Trinajstić information content (AvgIpc) is 2.88. The van der Waals surface area contributed by atoms with Gasteiger partial charge in [-0.25, -0.2) is 10.2 Å². The van der Waals surface area contributed by atoms with Gasteiger partial charge in [0.1, 0.15) is 10.6 Å². The third-order valence-corrected chi connectivity index (χ3v) is 4.59.